The van der Waals surface area contributed by atoms with Crippen LogP contribution >= 0.6 is 11.6 Å². The average molecular weight is 305 g/mol. The topological polar surface area (TPSA) is 72.9 Å². The fourth-order valence-corrected chi connectivity index (χ4v) is 2.95. The molecule has 1 heterocycles. The second kappa shape index (κ2) is 5.41. The van der Waals surface area contributed by atoms with Gasteiger partial charge in [-0.1, -0.05) is 11.6 Å². The number of rotatable bonds is 2. The number of hydrogen-bond acceptors (Lipinski definition) is 3. The molecule has 5 nitrogen and oxygen atoms in total. The summed E-state index contributed by atoms with van der Waals surface area (Å²) in [6.07, 6.45) is 4.81. The van der Waals surface area contributed by atoms with Crippen LogP contribution in [0.4, 0.5) is 5.69 Å². The first-order chi connectivity index (χ1) is 10.1. The number of aromatic nitrogens is 2. The summed E-state index contributed by atoms with van der Waals surface area (Å²) in [4.78, 5) is 12.4. The SMILES string of the molecule is Cn1ncc2c1CCCC2NC(=O)c1ccc(N)c(Cl)c1. The monoisotopic (exact) mass is 304 g/mol. The molecule has 0 bridgehead atoms. The maximum absolute atomic E-state index is 12.4. The third-order valence-electron chi connectivity index (χ3n) is 3.94. The van der Waals surface area contributed by atoms with Crippen molar-refractivity contribution in [2.75, 3.05) is 5.73 Å². The fourth-order valence-electron chi connectivity index (χ4n) is 2.77. The van der Waals surface area contributed by atoms with Crippen LogP contribution in [-0.4, -0.2) is 15.7 Å². The Kier molecular flexibility index (Phi) is 3.59. The zero-order valence-corrected chi connectivity index (χ0v) is 12.5. The molecule has 1 unspecified atom stereocenters. The number of carbonyl (C=O) groups excluding carboxylic acids is 1. The molecule has 1 aromatic carbocycles. The molecule has 21 heavy (non-hydrogen) atoms. The molecule has 1 aromatic heterocycles. The largest absolute Gasteiger partial charge is 0.398 e. The Balaban J connectivity index is 1.81. The molecule has 2 aromatic rings. The van der Waals surface area contributed by atoms with Gasteiger partial charge in [0, 0.05) is 23.9 Å². The van der Waals surface area contributed by atoms with Gasteiger partial charge in [-0.05, 0) is 37.5 Å². The van der Waals surface area contributed by atoms with E-state index >= 15 is 0 Å². The minimum Gasteiger partial charge on any atom is -0.398 e. The first kappa shape index (κ1) is 13.9. The van der Waals surface area contributed by atoms with Crippen LogP contribution in [-0.2, 0) is 13.5 Å². The number of anilines is 1. The number of nitrogens with zero attached hydrogens (tertiary/aromatic N) is 2. The lowest BCUT2D eigenvalue weighted by molar-refractivity contribution is 0.0932. The number of benzene rings is 1. The number of nitrogen functional groups attached to an aromatic ring is 1. The second-order valence-corrected chi connectivity index (χ2v) is 5.73. The van der Waals surface area contributed by atoms with Crippen LogP contribution < -0.4 is 11.1 Å². The van der Waals surface area contributed by atoms with Gasteiger partial charge in [-0.15, -0.1) is 0 Å². The summed E-state index contributed by atoms with van der Waals surface area (Å²) in [5, 5.41) is 7.74. The zero-order chi connectivity index (χ0) is 15.0. The highest BCUT2D eigenvalue weighted by Crippen LogP contribution is 2.29. The highest BCUT2D eigenvalue weighted by molar-refractivity contribution is 6.33. The van der Waals surface area contributed by atoms with Crippen LogP contribution in [0, 0.1) is 0 Å². The summed E-state index contributed by atoms with van der Waals surface area (Å²) in [7, 11) is 1.93. The fraction of sp³-hybridized carbons (Fsp3) is 0.333. The Bertz CT molecular complexity index is 695. The molecular formula is C15H17ClN4O. The number of nitrogens with one attached hydrogen (secondary N) is 1. The number of aryl methyl sites for hydroxylation is 1. The number of hydrogen-bond donors (Lipinski definition) is 2. The molecule has 6 heteroatoms. The third kappa shape index (κ3) is 2.61. The summed E-state index contributed by atoms with van der Waals surface area (Å²) in [6.45, 7) is 0. The minimum atomic E-state index is -0.140. The van der Waals surface area contributed by atoms with Crippen molar-refractivity contribution in [1.29, 1.82) is 0 Å². The van der Waals surface area contributed by atoms with Gasteiger partial charge in [0.05, 0.1) is 22.9 Å². The van der Waals surface area contributed by atoms with Crippen molar-refractivity contribution in [3.05, 3.63) is 46.2 Å². The van der Waals surface area contributed by atoms with Gasteiger partial charge in [-0.2, -0.15) is 5.10 Å². The van der Waals surface area contributed by atoms with E-state index in [0.717, 1.165) is 24.8 Å². The lowest BCUT2D eigenvalue weighted by atomic mass is 9.93. The van der Waals surface area contributed by atoms with Gasteiger partial charge >= 0.3 is 0 Å². The average Bonchev–Trinajstić information content (AvgIpc) is 2.85. The van der Waals surface area contributed by atoms with Crippen LogP contribution in [0.5, 0.6) is 0 Å². The molecule has 110 valence electrons. The number of halogens is 1. The van der Waals surface area contributed by atoms with Gasteiger partial charge in [0.1, 0.15) is 0 Å². The minimum absolute atomic E-state index is 0.00581. The van der Waals surface area contributed by atoms with E-state index in [2.05, 4.69) is 10.4 Å². The Morgan fingerprint density at radius 3 is 3.10 bits per heavy atom. The van der Waals surface area contributed by atoms with Crippen molar-refractivity contribution in [2.24, 2.45) is 7.05 Å². The van der Waals surface area contributed by atoms with Gasteiger partial charge in [0.2, 0.25) is 0 Å². The molecule has 0 saturated heterocycles. The summed E-state index contributed by atoms with van der Waals surface area (Å²) in [5.74, 6) is -0.140. The van der Waals surface area contributed by atoms with Crippen molar-refractivity contribution in [1.82, 2.24) is 15.1 Å². The molecule has 1 amide bonds. The molecule has 3 rings (SSSR count). The van der Waals surface area contributed by atoms with E-state index in [1.165, 1.54) is 5.69 Å². The maximum Gasteiger partial charge on any atom is 0.251 e. The van der Waals surface area contributed by atoms with Crippen LogP contribution in [0.3, 0.4) is 0 Å². The normalized spacial score (nSPS) is 17.3. The maximum atomic E-state index is 12.4. The molecule has 0 radical (unpaired) electrons. The molecule has 0 saturated carbocycles. The van der Waals surface area contributed by atoms with Crippen molar-refractivity contribution < 1.29 is 4.79 Å². The summed E-state index contributed by atoms with van der Waals surface area (Å²) in [6, 6.07) is 4.93. The summed E-state index contributed by atoms with van der Waals surface area (Å²) < 4.78 is 1.88. The van der Waals surface area contributed by atoms with Crippen molar-refractivity contribution in [3.63, 3.8) is 0 Å². The summed E-state index contributed by atoms with van der Waals surface area (Å²) in [5.41, 5.74) is 8.96. The lowest BCUT2D eigenvalue weighted by Crippen LogP contribution is -2.31. The van der Waals surface area contributed by atoms with Gasteiger partial charge in [0.15, 0.2) is 0 Å². The molecule has 1 aliphatic carbocycles. The van der Waals surface area contributed by atoms with Crippen LogP contribution in [0.15, 0.2) is 24.4 Å². The van der Waals surface area contributed by atoms with E-state index in [0.29, 0.717) is 16.3 Å². The van der Waals surface area contributed by atoms with Crippen molar-refractivity contribution in [3.8, 4) is 0 Å². The zero-order valence-electron chi connectivity index (χ0n) is 11.8. The van der Waals surface area contributed by atoms with Crippen molar-refractivity contribution >= 4 is 23.2 Å². The van der Waals surface area contributed by atoms with E-state index in [1.807, 2.05) is 17.9 Å². The highest BCUT2D eigenvalue weighted by atomic mass is 35.5. The highest BCUT2D eigenvalue weighted by Gasteiger charge is 2.25. The van der Waals surface area contributed by atoms with Gasteiger partial charge in [0.25, 0.3) is 5.91 Å². The van der Waals surface area contributed by atoms with Crippen LogP contribution in [0.25, 0.3) is 0 Å². The molecule has 0 spiro atoms. The second-order valence-electron chi connectivity index (χ2n) is 5.32. The number of fused-ring (bicyclic) bond motifs is 1. The predicted octanol–water partition coefficient (Wildman–Crippen LogP) is 2.46. The first-order valence-electron chi connectivity index (χ1n) is 6.93. The van der Waals surface area contributed by atoms with Crippen LogP contribution in [0.2, 0.25) is 5.02 Å². The van der Waals surface area contributed by atoms with E-state index in [4.69, 9.17) is 17.3 Å². The smallest absolute Gasteiger partial charge is 0.251 e. The van der Waals surface area contributed by atoms with Gasteiger partial charge < -0.3 is 11.1 Å². The lowest BCUT2D eigenvalue weighted by Gasteiger charge is -2.23. The Labute approximate surface area is 128 Å². The number of amides is 1. The third-order valence-corrected chi connectivity index (χ3v) is 4.27. The van der Waals surface area contributed by atoms with E-state index in [9.17, 15) is 4.79 Å². The van der Waals surface area contributed by atoms with Gasteiger partial charge in [-0.25, -0.2) is 0 Å². The number of nitrogens with two attached hydrogens (primary N) is 1. The molecule has 3 N–H and O–H groups in total. The van der Waals surface area contributed by atoms with E-state index in [-0.39, 0.29) is 11.9 Å². The molecule has 1 atom stereocenters. The molecule has 0 aliphatic heterocycles. The molecular weight excluding hydrogens is 288 g/mol. The van der Waals surface area contributed by atoms with Crippen LogP contribution in [0.1, 0.15) is 40.5 Å². The molecule has 1 aliphatic rings. The Hall–Kier alpha value is -2.01. The van der Waals surface area contributed by atoms with Gasteiger partial charge in [-0.3, -0.25) is 9.48 Å². The van der Waals surface area contributed by atoms with Crippen molar-refractivity contribution in [2.45, 2.75) is 25.3 Å². The summed E-state index contributed by atoms with van der Waals surface area (Å²) >= 11 is 5.97. The number of carbonyl (C=O) groups is 1. The Morgan fingerprint density at radius 2 is 2.33 bits per heavy atom. The standard InChI is InChI=1S/C15H17ClN4O/c1-20-14-4-2-3-13(10(14)8-18-20)19-15(21)9-5-6-12(17)11(16)7-9/h5-8,13H,2-4,17H2,1H3,(H,19,21). The van der Waals surface area contributed by atoms with E-state index < -0.39 is 0 Å². The quantitative estimate of drug-likeness (QED) is 0.837. The van der Waals surface area contributed by atoms with E-state index in [1.54, 1.807) is 18.2 Å². The predicted molar refractivity (Wildman–Crippen MR) is 82.2 cm³/mol. The first-order valence-corrected chi connectivity index (χ1v) is 7.30. The molecule has 0 fully saturated rings. The Morgan fingerprint density at radius 1 is 1.52 bits per heavy atom.